The number of amides is 2. The summed E-state index contributed by atoms with van der Waals surface area (Å²) in [6.45, 7) is 5.79. The monoisotopic (exact) mass is 525 g/mol. The summed E-state index contributed by atoms with van der Waals surface area (Å²) in [7, 11) is 1.60. The molecular formula is C30H43N3O5. The number of hydrogen-bond acceptors (Lipinski definition) is 6. The Labute approximate surface area is 226 Å². The second-order valence-corrected chi connectivity index (χ2v) is 11.7. The van der Waals surface area contributed by atoms with Crippen LogP contribution in [0.15, 0.2) is 18.2 Å². The number of nitrogens with zero attached hydrogens (tertiary/aromatic N) is 2. The molecule has 4 aliphatic rings. The normalized spacial score (nSPS) is 28.0. The maximum atomic E-state index is 14.5. The Morgan fingerprint density at radius 2 is 1.87 bits per heavy atom. The highest BCUT2D eigenvalue weighted by Crippen LogP contribution is 2.42. The molecule has 0 bridgehead atoms. The number of fused-ring (bicyclic) bond motifs is 1. The minimum absolute atomic E-state index is 0.00577. The summed E-state index contributed by atoms with van der Waals surface area (Å²) in [4.78, 5) is 44.2. The van der Waals surface area contributed by atoms with Crippen LogP contribution in [0.4, 0.5) is 0 Å². The number of benzene rings is 1. The smallest absolute Gasteiger partial charge is 0.249 e. The van der Waals surface area contributed by atoms with Crippen molar-refractivity contribution in [1.29, 1.82) is 0 Å². The molecule has 8 nitrogen and oxygen atoms in total. The molecule has 0 radical (unpaired) electrons. The van der Waals surface area contributed by atoms with Gasteiger partial charge in [-0.2, -0.15) is 0 Å². The molecule has 1 saturated carbocycles. The number of carbonyl (C=O) groups is 3. The van der Waals surface area contributed by atoms with Crippen LogP contribution in [0, 0.1) is 5.92 Å². The summed E-state index contributed by atoms with van der Waals surface area (Å²) in [5.41, 5.74) is 8.25. The Balaban J connectivity index is 1.50. The lowest BCUT2D eigenvalue weighted by Gasteiger charge is -2.36. The predicted octanol–water partition coefficient (Wildman–Crippen LogP) is 3.23. The fourth-order valence-corrected chi connectivity index (χ4v) is 7.40. The van der Waals surface area contributed by atoms with Gasteiger partial charge in [0.25, 0.3) is 0 Å². The summed E-state index contributed by atoms with van der Waals surface area (Å²) in [6.07, 6.45) is 7.64. The van der Waals surface area contributed by atoms with Gasteiger partial charge in [0.15, 0.2) is 5.78 Å². The first kappa shape index (κ1) is 27.3. The molecule has 3 saturated heterocycles. The minimum Gasteiger partial charge on any atom is -0.377 e. The van der Waals surface area contributed by atoms with E-state index in [9.17, 15) is 14.4 Å². The number of likely N-dealkylation sites (tertiary alicyclic amines) is 2. The maximum Gasteiger partial charge on any atom is 0.249 e. The molecule has 2 amide bonds. The highest BCUT2D eigenvalue weighted by molar-refractivity contribution is 5.99. The Bertz CT molecular complexity index is 1030. The van der Waals surface area contributed by atoms with Crippen LogP contribution in [-0.4, -0.2) is 85.5 Å². The van der Waals surface area contributed by atoms with E-state index in [1.807, 2.05) is 12.1 Å². The number of rotatable bonds is 8. The fourth-order valence-electron chi connectivity index (χ4n) is 7.40. The van der Waals surface area contributed by atoms with Crippen molar-refractivity contribution in [2.75, 3.05) is 39.9 Å². The van der Waals surface area contributed by atoms with Crippen LogP contribution >= 0.6 is 0 Å². The van der Waals surface area contributed by atoms with E-state index in [1.165, 1.54) is 5.56 Å². The number of primary amides is 1. The average molecular weight is 526 g/mol. The second kappa shape index (κ2) is 11.8. The van der Waals surface area contributed by atoms with E-state index < -0.39 is 24.0 Å². The molecule has 1 aromatic rings. The van der Waals surface area contributed by atoms with Gasteiger partial charge in [0.1, 0.15) is 24.9 Å². The fraction of sp³-hybridized carbons (Fsp3) is 0.700. The summed E-state index contributed by atoms with van der Waals surface area (Å²) in [6, 6.07) is 5.35. The number of ketones is 1. The zero-order valence-corrected chi connectivity index (χ0v) is 22.9. The van der Waals surface area contributed by atoms with Crippen molar-refractivity contribution >= 4 is 17.6 Å². The van der Waals surface area contributed by atoms with E-state index in [4.69, 9.17) is 15.2 Å². The zero-order valence-electron chi connectivity index (χ0n) is 22.9. The molecule has 1 aliphatic carbocycles. The largest absolute Gasteiger partial charge is 0.377 e. The topological polar surface area (TPSA) is 102 Å². The lowest BCUT2D eigenvalue weighted by atomic mass is 9.73. The Kier molecular flexibility index (Phi) is 8.50. The van der Waals surface area contributed by atoms with Gasteiger partial charge in [0.2, 0.25) is 11.8 Å². The molecule has 0 aromatic heterocycles. The molecule has 3 heterocycles. The summed E-state index contributed by atoms with van der Waals surface area (Å²) >= 11 is 0. The first-order valence-electron chi connectivity index (χ1n) is 14.6. The third-order valence-electron chi connectivity index (χ3n) is 9.39. The molecule has 38 heavy (non-hydrogen) atoms. The van der Waals surface area contributed by atoms with E-state index in [1.54, 1.807) is 12.0 Å². The number of ether oxygens (including phenoxy) is 2. The molecule has 4 atom stereocenters. The van der Waals surface area contributed by atoms with Crippen molar-refractivity contribution in [3.63, 3.8) is 0 Å². The van der Waals surface area contributed by atoms with E-state index >= 15 is 0 Å². The number of Topliss-reactive ketones (excluding diaryl/α,β-unsaturated/α-hetero) is 1. The third kappa shape index (κ3) is 5.27. The number of methoxy groups -OCH3 is 1. The van der Waals surface area contributed by atoms with Crippen LogP contribution < -0.4 is 5.73 Å². The van der Waals surface area contributed by atoms with Crippen molar-refractivity contribution in [2.45, 2.75) is 88.4 Å². The number of nitrogens with two attached hydrogens (primary N) is 1. The number of hydrogen-bond donors (Lipinski definition) is 1. The van der Waals surface area contributed by atoms with Gasteiger partial charge >= 0.3 is 0 Å². The van der Waals surface area contributed by atoms with Crippen LogP contribution in [0.2, 0.25) is 0 Å². The van der Waals surface area contributed by atoms with Gasteiger partial charge in [-0.1, -0.05) is 38.3 Å². The molecule has 0 unspecified atom stereocenters. The first-order valence-corrected chi connectivity index (χ1v) is 14.6. The van der Waals surface area contributed by atoms with E-state index in [0.29, 0.717) is 18.0 Å². The standard InChI is InChI=1S/C30H43N3O5/c1-3-13-32-14-11-19(12-15-32)21-9-10-22(29(31)35)23(16-21)26(20-7-5-4-6-8-20)30(36)33-17-25(37-2)28-27(33)24(34)18-38-28/h9-10,16,19-20,25-28H,3-8,11-15,17-18H2,1-2H3,(H2,31,35)/t25-,26+,27-,28-/m1/s1. The summed E-state index contributed by atoms with van der Waals surface area (Å²) in [5.74, 6) is -0.691. The lowest BCUT2D eigenvalue weighted by Crippen LogP contribution is -2.46. The molecule has 0 spiro atoms. The van der Waals surface area contributed by atoms with Crippen LogP contribution in [0.25, 0.3) is 0 Å². The average Bonchev–Trinajstić information content (AvgIpc) is 3.50. The first-order chi connectivity index (χ1) is 18.4. The minimum atomic E-state index is -0.623. The lowest BCUT2D eigenvalue weighted by molar-refractivity contribution is -0.139. The second-order valence-electron chi connectivity index (χ2n) is 11.7. The van der Waals surface area contributed by atoms with Crippen molar-refractivity contribution in [1.82, 2.24) is 9.80 Å². The van der Waals surface area contributed by atoms with Gasteiger partial charge in [-0.05, 0) is 80.8 Å². The molecule has 3 aliphatic heterocycles. The van der Waals surface area contributed by atoms with E-state index in [0.717, 1.165) is 76.6 Å². The van der Waals surface area contributed by atoms with Crippen LogP contribution in [0.1, 0.15) is 91.6 Å². The molecular weight excluding hydrogens is 482 g/mol. The van der Waals surface area contributed by atoms with E-state index in [2.05, 4.69) is 17.9 Å². The summed E-state index contributed by atoms with van der Waals surface area (Å²) < 4.78 is 11.4. The molecule has 1 aromatic carbocycles. The van der Waals surface area contributed by atoms with Crippen molar-refractivity contribution in [2.24, 2.45) is 11.7 Å². The van der Waals surface area contributed by atoms with Gasteiger partial charge < -0.3 is 25.0 Å². The highest BCUT2D eigenvalue weighted by atomic mass is 16.5. The van der Waals surface area contributed by atoms with Crippen LogP contribution in [0.3, 0.4) is 0 Å². The van der Waals surface area contributed by atoms with Crippen LogP contribution in [-0.2, 0) is 19.1 Å². The van der Waals surface area contributed by atoms with Gasteiger partial charge in [-0.25, -0.2) is 0 Å². The Morgan fingerprint density at radius 1 is 1.13 bits per heavy atom. The van der Waals surface area contributed by atoms with Gasteiger partial charge in [-0.3, -0.25) is 14.4 Å². The van der Waals surface area contributed by atoms with Crippen LogP contribution in [0.5, 0.6) is 0 Å². The Hall–Kier alpha value is -2.29. The van der Waals surface area contributed by atoms with Gasteiger partial charge in [0.05, 0.1) is 12.5 Å². The van der Waals surface area contributed by atoms with Crippen molar-refractivity contribution in [3.8, 4) is 0 Å². The van der Waals surface area contributed by atoms with Gasteiger partial charge in [0, 0.05) is 12.7 Å². The molecule has 2 N–H and O–H groups in total. The molecule has 8 heteroatoms. The summed E-state index contributed by atoms with van der Waals surface area (Å²) in [5, 5.41) is 0. The maximum absolute atomic E-state index is 14.5. The van der Waals surface area contributed by atoms with E-state index in [-0.39, 0.29) is 30.3 Å². The molecule has 208 valence electrons. The predicted molar refractivity (Wildman–Crippen MR) is 144 cm³/mol. The molecule has 4 fully saturated rings. The van der Waals surface area contributed by atoms with Crippen molar-refractivity contribution < 1.29 is 23.9 Å². The third-order valence-corrected chi connectivity index (χ3v) is 9.39. The van der Waals surface area contributed by atoms with Gasteiger partial charge in [-0.15, -0.1) is 0 Å². The highest BCUT2D eigenvalue weighted by Gasteiger charge is 2.54. The Morgan fingerprint density at radius 3 is 2.53 bits per heavy atom. The quantitative estimate of drug-likeness (QED) is 0.559. The number of carbonyl (C=O) groups excluding carboxylic acids is 3. The van der Waals surface area contributed by atoms with Crippen molar-refractivity contribution in [3.05, 3.63) is 34.9 Å². The molecule has 5 rings (SSSR count). The zero-order chi connectivity index (χ0) is 26.8. The SMILES string of the molecule is CCCN1CCC(c2ccc(C(N)=O)c([C@@H](C(=O)N3C[C@@H](OC)[C@H]4OCC(=O)[C@H]43)C3CCCCC3)c2)CC1. The number of piperidine rings is 1.